The van der Waals surface area contributed by atoms with Crippen LogP contribution in [0.1, 0.15) is 30.0 Å². The molecule has 0 fully saturated rings. The van der Waals surface area contributed by atoms with Crippen molar-refractivity contribution in [1.29, 1.82) is 0 Å². The molecule has 0 saturated heterocycles. The molecule has 1 unspecified atom stereocenters. The van der Waals surface area contributed by atoms with E-state index in [-0.39, 0.29) is 23.4 Å². The number of aliphatic carboxylic acids is 1. The van der Waals surface area contributed by atoms with Gasteiger partial charge in [0.2, 0.25) is 0 Å². The topological polar surface area (TPSA) is 72.5 Å². The Morgan fingerprint density at radius 2 is 2.10 bits per heavy atom. The van der Waals surface area contributed by atoms with E-state index in [1.165, 1.54) is 6.07 Å². The number of rotatable bonds is 5. The highest BCUT2D eigenvalue weighted by molar-refractivity contribution is 6.30. The molecule has 0 aliphatic carbocycles. The Bertz CT molecular complexity index is 505. The first-order valence-electron chi connectivity index (χ1n) is 5.58. The molecule has 3 N–H and O–H groups in total. The van der Waals surface area contributed by atoms with Crippen molar-refractivity contribution < 1.29 is 27.8 Å². The summed E-state index contributed by atoms with van der Waals surface area (Å²) in [5.74, 6) is -1.52. The van der Waals surface area contributed by atoms with Crippen LogP contribution in [-0.2, 0) is 11.0 Å². The Hall–Kier alpha value is -1.47. The number of carboxylic acids is 1. The average Bonchev–Trinajstić information content (AvgIpc) is 2.33. The predicted molar refractivity (Wildman–Crippen MR) is 66.8 cm³/mol. The average molecular weight is 312 g/mol. The largest absolute Gasteiger partial charge is 0.496 e. The molecule has 20 heavy (non-hydrogen) atoms. The summed E-state index contributed by atoms with van der Waals surface area (Å²) in [6.45, 7) is 0. The van der Waals surface area contributed by atoms with Gasteiger partial charge in [-0.1, -0.05) is 11.6 Å². The number of halogens is 4. The first kappa shape index (κ1) is 16.6. The molecule has 4 nitrogen and oxygen atoms in total. The minimum Gasteiger partial charge on any atom is -0.496 e. The molecule has 1 rings (SSSR count). The van der Waals surface area contributed by atoms with Gasteiger partial charge in [-0.05, 0) is 18.6 Å². The van der Waals surface area contributed by atoms with Crippen LogP contribution in [0.4, 0.5) is 13.2 Å². The zero-order valence-corrected chi connectivity index (χ0v) is 11.3. The quantitative estimate of drug-likeness (QED) is 0.875. The third-order valence-corrected chi connectivity index (χ3v) is 2.88. The van der Waals surface area contributed by atoms with Gasteiger partial charge in [0.05, 0.1) is 12.7 Å². The van der Waals surface area contributed by atoms with Crippen molar-refractivity contribution >= 4 is 17.6 Å². The van der Waals surface area contributed by atoms with Crippen molar-refractivity contribution in [1.82, 2.24) is 0 Å². The monoisotopic (exact) mass is 311 g/mol. The van der Waals surface area contributed by atoms with Gasteiger partial charge in [0.15, 0.2) is 0 Å². The SMILES string of the molecule is COc1c(C(N)CCC(=O)O)cc(Cl)cc1C(F)(F)F. The van der Waals surface area contributed by atoms with Gasteiger partial charge in [0, 0.05) is 23.0 Å². The van der Waals surface area contributed by atoms with Gasteiger partial charge < -0.3 is 15.6 Å². The molecule has 0 saturated carbocycles. The molecule has 0 amide bonds. The van der Waals surface area contributed by atoms with E-state index < -0.39 is 29.5 Å². The number of hydrogen-bond acceptors (Lipinski definition) is 3. The van der Waals surface area contributed by atoms with Crippen LogP contribution in [0, 0.1) is 0 Å². The Morgan fingerprint density at radius 3 is 2.55 bits per heavy atom. The van der Waals surface area contributed by atoms with Gasteiger partial charge >= 0.3 is 12.1 Å². The molecular weight excluding hydrogens is 299 g/mol. The van der Waals surface area contributed by atoms with E-state index in [0.717, 1.165) is 13.2 Å². The second-order valence-corrected chi connectivity index (χ2v) is 4.55. The minimum absolute atomic E-state index is 0.0245. The third kappa shape index (κ3) is 4.01. The van der Waals surface area contributed by atoms with E-state index in [9.17, 15) is 18.0 Å². The van der Waals surface area contributed by atoms with E-state index in [1.54, 1.807) is 0 Å². The van der Waals surface area contributed by atoms with Gasteiger partial charge in [-0.25, -0.2) is 0 Å². The van der Waals surface area contributed by atoms with Crippen LogP contribution >= 0.6 is 11.6 Å². The molecule has 0 spiro atoms. The van der Waals surface area contributed by atoms with Crippen LogP contribution in [0.15, 0.2) is 12.1 Å². The molecule has 0 aromatic heterocycles. The van der Waals surface area contributed by atoms with Gasteiger partial charge in [0.1, 0.15) is 5.75 Å². The van der Waals surface area contributed by atoms with Gasteiger partial charge in [-0.15, -0.1) is 0 Å². The zero-order valence-electron chi connectivity index (χ0n) is 10.5. The maximum absolute atomic E-state index is 12.9. The summed E-state index contributed by atoms with van der Waals surface area (Å²) < 4.78 is 43.5. The van der Waals surface area contributed by atoms with Gasteiger partial charge in [-0.2, -0.15) is 13.2 Å². The summed E-state index contributed by atoms with van der Waals surface area (Å²) in [6, 6.07) is 1.08. The van der Waals surface area contributed by atoms with Crippen molar-refractivity contribution in [3.05, 3.63) is 28.3 Å². The van der Waals surface area contributed by atoms with E-state index in [1.807, 2.05) is 0 Å². The number of hydrogen-bond donors (Lipinski definition) is 2. The van der Waals surface area contributed by atoms with E-state index >= 15 is 0 Å². The molecule has 0 aliphatic heterocycles. The molecule has 0 aliphatic rings. The summed E-state index contributed by atoms with van der Waals surface area (Å²) in [6.07, 6.45) is -4.93. The Kier molecular flexibility index (Phi) is 5.24. The molecular formula is C12H13ClF3NO3. The van der Waals surface area contributed by atoms with E-state index in [4.69, 9.17) is 27.2 Å². The van der Waals surface area contributed by atoms with Crippen molar-refractivity contribution in [2.24, 2.45) is 5.73 Å². The highest BCUT2D eigenvalue weighted by Crippen LogP contribution is 2.42. The highest BCUT2D eigenvalue weighted by atomic mass is 35.5. The molecule has 8 heteroatoms. The molecule has 112 valence electrons. The van der Waals surface area contributed by atoms with Crippen LogP contribution in [-0.4, -0.2) is 18.2 Å². The molecule has 1 atom stereocenters. The summed E-state index contributed by atoms with van der Waals surface area (Å²) in [7, 11) is 1.09. The fraction of sp³-hybridized carbons (Fsp3) is 0.417. The first-order valence-corrected chi connectivity index (χ1v) is 5.96. The fourth-order valence-corrected chi connectivity index (χ4v) is 1.99. The van der Waals surface area contributed by atoms with Crippen molar-refractivity contribution in [3.63, 3.8) is 0 Å². The Balaban J connectivity index is 3.24. The second kappa shape index (κ2) is 6.32. The van der Waals surface area contributed by atoms with Crippen LogP contribution < -0.4 is 10.5 Å². The summed E-state index contributed by atoms with van der Waals surface area (Å²) >= 11 is 5.66. The Morgan fingerprint density at radius 1 is 1.50 bits per heavy atom. The Labute approximate surface area is 118 Å². The summed E-state index contributed by atoms with van der Waals surface area (Å²) in [4.78, 5) is 10.5. The standard InChI is InChI=1S/C12H13ClF3NO3/c1-20-11-7(9(17)2-3-10(18)19)4-6(13)5-8(11)12(14,15)16/h4-5,9H,2-3,17H2,1H3,(H,18,19). The van der Waals surface area contributed by atoms with Crippen molar-refractivity contribution in [2.45, 2.75) is 25.1 Å². The number of alkyl halides is 3. The van der Waals surface area contributed by atoms with Crippen LogP contribution in [0.3, 0.4) is 0 Å². The van der Waals surface area contributed by atoms with Crippen LogP contribution in [0.2, 0.25) is 5.02 Å². The lowest BCUT2D eigenvalue weighted by atomic mass is 9.98. The lowest BCUT2D eigenvalue weighted by Crippen LogP contribution is -2.16. The molecule has 0 bridgehead atoms. The van der Waals surface area contributed by atoms with Crippen LogP contribution in [0.25, 0.3) is 0 Å². The molecule has 0 heterocycles. The summed E-state index contributed by atoms with van der Waals surface area (Å²) in [5.41, 5.74) is 4.73. The number of ether oxygens (including phenoxy) is 1. The lowest BCUT2D eigenvalue weighted by molar-refractivity contribution is -0.139. The number of nitrogens with two attached hydrogens (primary N) is 1. The first-order chi connectivity index (χ1) is 9.16. The number of benzene rings is 1. The lowest BCUT2D eigenvalue weighted by Gasteiger charge is -2.20. The highest BCUT2D eigenvalue weighted by Gasteiger charge is 2.36. The normalized spacial score (nSPS) is 13.1. The molecule has 1 aromatic carbocycles. The third-order valence-electron chi connectivity index (χ3n) is 2.66. The fourth-order valence-electron chi connectivity index (χ4n) is 1.76. The minimum atomic E-state index is -4.64. The van der Waals surface area contributed by atoms with Crippen molar-refractivity contribution in [3.8, 4) is 5.75 Å². The van der Waals surface area contributed by atoms with Gasteiger partial charge in [0.25, 0.3) is 0 Å². The smallest absolute Gasteiger partial charge is 0.420 e. The second-order valence-electron chi connectivity index (χ2n) is 4.11. The number of carbonyl (C=O) groups is 1. The summed E-state index contributed by atoms with van der Waals surface area (Å²) in [5, 5.41) is 8.44. The maximum atomic E-state index is 12.9. The van der Waals surface area contributed by atoms with Crippen molar-refractivity contribution in [2.75, 3.05) is 7.11 Å². The molecule has 1 aromatic rings. The predicted octanol–water partition coefficient (Wildman–Crippen LogP) is 3.23. The zero-order chi connectivity index (χ0) is 15.5. The molecule has 0 radical (unpaired) electrons. The van der Waals surface area contributed by atoms with Crippen LogP contribution in [0.5, 0.6) is 5.75 Å². The van der Waals surface area contributed by atoms with E-state index in [2.05, 4.69) is 0 Å². The maximum Gasteiger partial charge on any atom is 0.420 e. The number of methoxy groups -OCH3 is 1. The number of carboxylic acid groups (broad SMARTS) is 1. The van der Waals surface area contributed by atoms with E-state index in [0.29, 0.717) is 0 Å². The van der Waals surface area contributed by atoms with Gasteiger partial charge in [-0.3, -0.25) is 4.79 Å².